The molecule has 4 aromatic rings. The summed E-state index contributed by atoms with van der Waals surface area (Å²) in [5, 5.41) is 14.1. The summed E-state index contributed by atoms with van der Waals surface area (Å²) in [5.41, 5.74) is 1.65. The summed E-state index contributed by atoms with van der Waals surface area (Å²) in [7, 11) is -2.45. The summed E-state index contributed by atoms with van der Waals surface area (Å²) >= 11 is 0. The Labute approximate surface area is 233 Å². The number of hydrogen-bond acceptors (Lipinski definition) is 8. The fourth-order valence-electron chi connectivity index (χ4n) is 4.49. The van der Waals surface area contributed by atoms with Crippen LogP contribution in [0.2, 0.25) is 0 Å². The standard InChI is InChI=1S/C28H35N5O6S/c1-5-8-25-29-19(3)26-28(35)30-27(31-33(25)26)23-17-22(13-14-24(23)39-6-2)40(36,37)32(15-7-16-34)18-20-9-11-21(38-4)12-10-20/h9-14,17,34H,5-8,15-16,18H2,1-4H3,(H,30,31,35). The van der Waals surface area contributed by atoms with E-state index in [0.29, 0.717) is 47.1 Å². The van der Waals surface area contributed by atoms with E-state index in [2.05, 4.69) is 15.1 Å². The van der Waals surface area contributed by atoms with Crippen LogP contribution in [0.5, 0.6) is 11.5 Å². The molecule has 0 amide bonds. The number of ether oxygens (including phenoxy) is 2. The average molecular weight is 570 g/mol. The third kappa shape index (κ3) is 6.03. The van der Waals surface area contributed by atoms with E-state index in [9.17, 15) is 18.3 Å². The molecule has 0 atom stereocenters. The summed E-state index contributed by atoms with van der Waals surface area (Å²) < 4.78 is 41.7. The Morgan fingerprint density at radius 1 is 1.12 bits per heavy atom. The number of rotatable bonds is 13. The Bertz CT molecular complexity index is 1630. The Hall–Kier alpha value is -3.74. The molecule has 0 saturated heterocycles. The van der Waals surface area contributed by atoms with Crippen LogP contribution in [0.3, 0.4) is 0 Å². The molecular formula is C28H35N5O6S. The fourth-order valence-corrected chi connectivity index (χ4v) is 5.99. The molecule has 0 aliphatic heterocycles. The van der Waals surface area contributed by atoms with Crippen LogP contribution in [0.15, 0.2) is 52.2 Å². The molecule has 2 heterocycles. The summed E-state index contributed by atoms with van der Waals surface area (Å²) in [6.07, 6.45) is 1.71. The first-order chi connectivity index (χ1) is 19.2. The van der Waals surface area contributed by atoms with Gasteiger partial charge in [-0.3, -0.25) is 4.79 Å². The number of H-pyrrole nitrogens is 1. The van der Waals surface area contributed by atoms with Crippen molar-refractivity contribution in [2.45, 2.75) is 51.5 Å². The number of benzene rings is 2. The summed E-state index contributed by atoms with van der Waals surface area (Å²) in [6, 6.07) is 11.6. The minimum atomic E-state index is -4.02. The highest BCUT2D eigenvalue weighted by atomic mass is 32.2. The molecule has 0 radical (unpaired) electrons. The van der Waals surface area contributed by atoms with Crippen LogP contribution in [-0.2, 0) is 23.0 Å². The summed E-state index contributed by atoms with van der Waals surface area (Å²) in [5.74, 6) is 1.87. The second-order valence-corrected chi connectivity index (χ2v) is 11.2. The molecule has 12 heteroatoms. The molecule has 0 saturated carbocycles. The Morgan fingerprint density at radius 2 is 1.88 bits per heavy atom. The van der Waals surface area contributed by atoms with Gasteiger partial charge < -0.3 is 19.6 Å². The van der Waals surface area contributed by atoms with E-state index in [0.717, 1.165) is 12.0 Å². The number of aliphatic hydroxyl groups excluding tert-OH is 1. The highest BCUT2D eigenvalue weighted by Crippen LogP contribution is 2.32. The van der Waals surface area contributed by atoms with Gasteiger partial charge in [0.15, 0.2) is 11.3 Å². The maximum Gasteiger partial charge on any atom is 0.277 e. The molecule has 4 rings (SSSR count). The number of aliphatic hydroxyl groups is 1. The van der Waals surface area contributed by atoms with Crippen molar-refractivity contribution >= 4 is 15.5 Å². The predicted octanol–water partition coefficient (Wildman–Crippen LogP) is 3.33. The summed E-state index contributed by atoms with van der Waals surface area (Å²) in [4.78, 5) is 20.4. The number of methoxy groups -OCH3 is 1. The van der Waals surface area contributed by atoms with E-state index in [1.54, 1.807) is 44.4 Å². The monoisotopic (exact) mass is 569 g/mol. The van der Waals surface area contributed by atoms with Gasteiger partial charge in [0, 0.05) is 26.1 Å². The number of aryl methyl sites for hydroxylation is 2. The molecule has 40 heavy (non-hydrogen) atoms. The van der Waals surface area contributed by atoms with Gasteiger partial charge >= 0.3 is 0 Å². The van der Waals surface area contributed by atoms with E-state index >= 15 is 0 Å². The molecule has 0 unspecified atom stereocenters. The van der Waals surface area contributed by atoms with E-state index in [1.807, 2.05) is 13.8 Å². The average Bonchev–Trinajstić information content (AvgIpc) is 3.26. The van der Waals surface area contributed by atoms with E-state index in [1.165, 1.54) is 21.0 Å². The molecule has 0 aliphatic carbocycles. The zero-order valence-corrected chi connectivity index (χ0v) is 24.0. The van der Waals surface area contributed by atoms with Crippen molar-refractivity contribution in [2.24, 2.45) is 0 Å². The number of nitrogens with zero attached hydrogens (tertiary/aromatic N) is 4. The van der Waals surface area contributed by atoms with Crippen LogP contribution >= 0.6 is 0 Å². The third-order valence-corrected chi connectivity index (χ3v) is 8.28. The second-order valence-electron chi connectivity index (χ2n) is 9.28. The largest absolute Gasteiger partial charge is 0.497 e. The number of imidazole rings is 1. The Morgan fingerprint density at radius 3 is 2.52 bits per heavy atom. The lowest BCUT2D eigenvalue weighted by atomic mass is 10.2. The van der Waals surface area contributed by atoms with Crippen LogP contribution in [0, 0.1) is 6.92 Å². The van der Waals surface area contributed by atoms with E-state index in [-0.39, 0.29) is 42.4 Å². The quantitative estimate of drug-likeness (QED) is 0.250. The number of aromatic nitrogens is 4. The minimum absolute atomic E-state index is 0.00995. The van der Waals surface area contributed by atoms with Gasteiger partial charge in [0.25, 0.3) is 5.56 Å². The van der Waals surface area contributed by atoms with Crippen LogP contribution in [0.1, 0.15) is 43.8 Å². The molecule has 0 bridgehead atoms. The molecule has 2 aromatic heterocycles. The van der Waals surface area contributed by atoms with Crippen LogP contribution in [-0.4, -0.2) is 64.3 Å². The lowest BCUT2D eigenvalue weighted by molar-refractivity contribution is 0.267. The van der Waals surface area contributed by atoms with Crippen LogP contribution in [0.25, 0.3) is 16.9 Å². The number of sulfonamides is 1. The highest BCUT2D eigenvalue weighted by Gasteiger charge is 2.27. The van der Waals surface area contributed by atoms with Crippen LogP contribution < -0.4 is 15.0 Å². The molecule has 0 fully saturated rings. The normalized spacial score (nSPS) is 11.8. The van der Waals surface area contributed by atoms with Gasteiger partial charge in [-0.15, -0.1) is 5.10 Å². The minimum Gasteiger partial charge on any atom is -0.497 e. The van der Waals surface area contributed by atoms with Crippen molar-refractivity contribution in [3.63, 3.8) is 0 Å². The van der Waals surface area contributed by atoms with Crippen molar-refractivity contribution in [3.05, 3.63) is 69.9 Å². The first kappa shape index (κ1) is 29.2. The van der Waals surface area contributed by atoms with E-state index in [4.69, 9.17) is 9.47 Å². The van der Waals surface area contributed by atoms with Gasteiger partial charge in [-0.25, -0.2) is 17.9 Å². The lowest BCUT2D eigenvalue weighted by Crippen LogP contribution is -2.32. The highest BCUT2D eigenvalue weighted by molar-refractivity contribution is 7.89. The fraction of sp³-hybridized carbons (Fsp3) is 0.393. The molecule has 214 valence electrons. The second kappa shape index (κ2) is 12.6. The molecule has 2 N–H and O–H groups in total. The number of aromatic amines is 1. The molecule has 2 aromatic carbocycles. The van der Waals surface area contributed by atoms with Gasteiger partial charge in [0.2, 0.25) is 10.0 Å². The van der Waals surface area contributed by atoms with Gasteiger partial charge in [0.05, 0.1) is 29.9 Å². The molecular weight excluding hydrogens is 534 g/mol. The van der Waals surface area contributed by atoms with Gasteiger partial charge in [-0.1, -0.05) is 19.1 Å². The topological polar surface area (TPSA) is 139 Å². The van der Waals surface area contributed by atoms with Crippen molar-refractivity contribution in [2.75, 3.05) is 26.9 Å². The SMILES string of the molecule is CCCc1nc(C)c2c(=O)[nH]c(-c3cc(S(=O)(=O)N(CCCO)Cc4ccc(OC)cc4)ccc3OCC)nn12. The van der Waals surface area contributed by atoms with Gasteiger partial charge in [0.1, 0.15) is 17.3 Å². The third-order valence-electron chi connectivity index (χ3n) is 6.44. The Balaban J connectivity index is 1.81. The van der Waals surface area contributed by atoms with E-state index < -0.39 is 10.0 Å². The number of fused-ring (bicyclic) bond motifs is 1. The summed E-state index contributed by atoms with van der Waals surface area (Å²) in [6.45, 7) is 5.98. The number of nitrogens with one attached hydrogen (secondary N) is 1. The lowest BCUT2D eigenvalue weighted by Gasteiger charge is -2.23. The number of hydrogen-bond donors (Lipinski definition) is 2. The van der Waals surface area contributed by atoms with Crippen molar-refractivity contribution in [1.29, 1.82) is 0 Å². The van der Waals surface area contributed by atoms with Crippen LogP contribution in [0.4, 0.5) is 0 Å². The van der Waals surface area contributed by atoms with Crippen molar-refractivity contribution in [1.82, 2.24) is 23.9 Å². The van der Waals surface area contributed by atoms with Crippen molar-refractivity contribution < 1.29 is 23.0 Å². The van der Waals surface area contributed by atoms with Gasteiger partial charge in [-0.2, -0.15) is 4.31 Å². The zero-order valence-electron chi connectivity index (χ0n) is 23.2. The first-order valence-corrected chi connectivity index (χ1v) is 14.7. The van der Waals surface area contributed by atoms with Crippen molar-refractivity contribution in [3.8, 4) is 22.9 Å². The maximum atomic E-state index is 13.9. The predicted molar refractivity (Wildman–Crippen MR) is 151 cm³/mol. The smallest absolute Gasteiger partial charge is 0.277 e. The Kier molecular flexibility index (Phi) is 9.23. The molecule has 0 aliphatic rings. The zero-order chi connectivity index (χ0) is 28.9. The maximum absolute atomic E-state index is 13.9. The first-order valence-electron chi connectivity index (χ1n) is 13.2. The molecule has 0 spiro atoms. The molecule has 11 nitrogen and oxygen atoms in total. The van der Waals surface area contributed by atoms with Gasteiger partial charge in [-0.05, 0) is 62.6 Å².